The van der Waals surface area contributed by atoms with Crippen molar-refractivity contribution < 1.29 is 9.94 Å². The zero-order valence-corrected chi connectivity index (χ0v) is 11.4. The van der Waals surface area contributed by atoms with Gasteiger partial charge in [0.2, 0.25) is 0 Å². The molecule has 0 saturated heterocycles. The molecule has 0 aliphatic heterocycles. The largest absolute Gasteiger partial charge is 0.492 e. The molecule has 0 fully saturated rings. The van der Waals surface area contributed by atoms with Crippen molar-refractivity contribution in [2.75, 3.05) is 6.61 Å². The SMILES string of the molecule is CCCOc1c(Br)cc(Br)cc1/C=N/O. The van der Waals surface area contributed by atoms with Gasteiger partial charge in [-0.1, -0.05) is 28.0 Å². The van der Waals surface area contributed by atoms with Crippen LogP contribution < -0.4 is 4.74 Å². The number of benzene rings is 1. The minimum atomic E-state index is 0.631. The average Bonchev–Trinajstić information content (AvgIpc) is 2.17. The second-order valence-electron chi connectivity index (χ2n) is 2.90. The van der Waals surface area contributed by atoms with E-state index < -0.39 is 0 Å². The third kappa shape index (κ3) is 3.50. The second kappa shape index (κ2) is 6.12. The van der Waals surface area contributed by atoms with Crippen LogP contribution in [0.2, 0.25) is 0 Å². The maximum Gasteiger partial charge on any atom is 0.142 e. The van der Waals surface area contributed by atoms with E-state index in [-0.39, 0.29) is 0 Å². The molecule has 0 aliphatic rings. The van der Waals surface area contributed by atoms with Crippen LogP contribution in [0.5, 0.6) is 5.75 Å². The molecule has 0 spiro atoms. The van der Waals surface area contributed by atoms with Crippen LogP contribution in [0.1, 0.15) is 18.9 Å². The molecule has 0 amide bonds. The second-order valence-corrected chi connectivity index (χ2v) is 4.67. The van der Waals surface area contributed by atoms with Gasteiger partial charge in [0.25, 0.3) is 0 Å². The summed E-state index contributed by atoms with van der Waals surface area (Å²) in [4.78, 5) is 0. The number of hydrogen-bond acceptors (Lipinski definition) is 3. The normalized spacial score (nSPS) is 10.9. The summed E-state index contributed by atoms with van der Waals surface area (Å²) in [6, 6.07) is 3.72. The van der Waals surface area contributed by atoms with Crippen molar-refractivity contribution in [1.82, 2.24) is 0 Å². The number of ether oxygens (including phenoxy) is 1. The van der Waals surface area contributed by atoms with E-state index in [1.807, 2.05) is 19.1 Å². The predicted octanol–water partition coefficient (Wildman–Crippen LogP) is 3.81. The molecule has 15 heavy (non-hydrogen) atoms. The fourth-order valence-electron chi connectivity index (χ4n) is 1.09. The first-order valence-corrected chi connectivity index (χ1v) is 6.07. The molecule has 1 aromatic carbocycles. The summed E-state index contributed by atoms with van der Waals surface area (Å²) >= 11 is 6.76. The standard InChI is InChI=1S/C10H11Br2NO2/c1-2-3-15-10-7(6-13-14)4-8(11)5-9(10)12/h4-6,14H,2-3H2,1H3/b13-6+. The van der Waals surface area contributed by atoms with E-state index in [0.29, 0.717) is 12.4 Å². The van der Waals surface area contributed by atoms with Gasteiger partial charge in [0.1, 0.15) is 5.75 Å². The highest BCUT2D eigenvalue weighted by atomic mass is 79.9. The Balaban J connectivity index is 3.08. The third-order valence-electron chi connectivity index (χ3n) is 1.68. The average molecular weight is 337 g/mol. The van der Waals surface area contributed by atoms with Crippen LogP contribution in [0.3, 0.4) is 0 Å². The Morgan fingerprint density at radius 1 is 1.47 bits per heavy atom. The van der Waals surface area contributed by atoms with Crippen LogP contribution in [0.15, 0.2) is 26.2 Å². The lowest BCUT2D eigenvalue weighted by Crippen LogP contribution is -1.99. The molecular formula is C10H11Br2NO2. The molecule has 0 aromatic heterocycles. The molecule has 1 N–H and O–H groups in total. The topological polar surface area (TPSA) is 41.8 Å². The summed E-state index contributed by atoms with van der Waals surface area (Å²) in [5, 5.41) is 11.5. The van der Waals surface area contributed by atoms with Crippen molar-refractivity contribution in [2.45, 2.75) is 13.3 Å². The summed E-state index contributed by atoms with van der Waals surface area (Å²) < 4.78 is 7.28. The molecular weight excluding hydrogens is 326 g/mol. The van der Waals surface area contributed by atoms with Crippen LogP contribution >= 0.6 is 31.9 Å². The summed E-state index contributed by atoms with van der Waals surface area (Å²) in [6.45, 7) is 2.67. The molecule has 0 bridgehead atoms. The maximum atomic E-state index is 8.53. The molecule has 1 rings (SSSR count). The molecule has 0 atom stereocenters. The number of nitrogens with zero attached hydrogens (tertiary/aromatic N) is 1. The van der Waals surface area contributed by atoms with E-state index in [9.17, 15) is 0 Å². The van der Waals surface area contributed by atoms with E-state index in [1.54, 1.807) is 0 Å². The molecule has 0 radical (unpaired) electrons. The highest BCUT2D eigenvalue weighted by Crippen LogP contribution is 2.32. The van der Waals surface area contributed by atoms with Gasteiger partial charge in [0.05, 0.1) is 17.3 Å². The minimum Gasteiger partial charge on any atom is -0.492 e. The van der Waals surface area contributed by atoms with Crippen LogP contribution in [0, 0.1) is 0 Å². The lowest BCUT2D eigenvalue weighted by molar-refractivity contribution is 0.312. The minimum absolute atomic E-state index is 0.631. The Morgan fingerprint density at radius 2 is 2.20 bits per heavy atom. The van der Waals surface area contributed by atoms with Gasteiger partial charge in [-0.2, -0.15) is 0 Å². The quantitative estimate of drug-likeness (QED) is 0.516. The summed E-state index contributed by atoms with van der Waals surface area (Å²) in [7, 11) is 0. The third-order valence-corrected chi connectivity index (χ3v) is 2.73. The van der Waals surface area contributed by atoms with Gasteiger partial charge in [-0.3, -0.25) is 0 Å². The number of hydrogen-bond donors (Lipinski definition) is 1. The van der Waals surface area contributed by atoms with E-state index in [1.165, 1.54) is 6.21 Å². The lowest BCUT2D eigenvalue weighted by Gasteiger charge is -2.10. The zero-order valence-electron chi connectivity index (χ0n) is 8.20. The van der Waals surface area contributed by atoms with Crippen LogP contribution in [-0.2, 0) is 0 Å². The highest BCUT2D eigenvalue weighted by Gasteiger charge is 2.08. The van der Waals surface area contributed by atoms with Crippen LogP contribution in [-0.4, -0.2) is 18.0 Å². The molecule has 0 heterocycles. The van der Waals surface area contributed by atoms with Crippen molar-refractivity contribution >= 4 is 38.1 Å². The van der Waals surface area contributed by atoms with E-state index in [2.05, 4.69) is 37.0 Å². The van der Waals surface area contributed by atoms with E-state index in [0.717, 1.165) is 20.9 Å². The van der Waals surface area contributed by atoms with Gasteiger partial charge in [-0.05, 0) is 34.5 Å². The van der Waals surface area contributed by atoms with Gasteiger partial charge in [-0.15, -0.1) is 0 Å². The Hall–Kier alpha value is -0.550. The number of oxime groups is 1. The summed E-state index contributed by atoms with van der Waals surface area (Å²) in [5.74, 6) is 0.692. The molecule has 3 nitrogen and oxygen atoms in total. The Labute approximate surface area is 105 Å². The van der Waals surface area contributed by atoms with Crippen molar-refractivity contribution in [3.05, 3.63) is 26.6 Å². The monoisotopic (exact) mass is 335 g/mol. The smallest absolute Gasteiger partial charge is 0.142 e. The summed E-state index contributed by atoms with van der Waals surface area (Å²) in [5.41, 5.74) is 0.729. The lowest BCUT2D eigenvalue weighted by atomic mass is 10.2. The molecule has 82 valence electrons. The Morgan fingerprint density at radius 3 is 2.80 bits per heavy atom. The van der Waals surface area contributed by atoms with Gasteiger partial charge in [0.15, 0.2) is 0 Å². The van der Waals surface area contributed by atoms with Crippen LogP contribution in [0.4, 0.5) is 0 Å². The molecule has 1 aromatic rings. The van der Waals surface area contributed by atoms with Crippen LogP contribution in [0.25, 0.3) is 0 Å². The Kier molecular flexibility index (Phi) is 5.11. The van der Waals surface area contributed by atoms with Crippen molar-refractivity contribution in [3.8, 4) is 5.75 Å². The first-order valence-electron chi connectivity index (χ1n) is 4.48. The molecule has 0 saturated carbocycles. The van der Waals surface area contributed by atoms with Gasteiger partial charge in [-0.25, -0.2) is 0 Å². The fraction of sp³-hybridized carbons (Fsp3) is 0.300. The molecule has 0 unspecified atom stereocenters. The maximum absolute atomic E-state index is 8.53. The van der Waals surface area contributed by atoms with Gasteiger partial charge >= 0.3 is 0 Å². The zero-order chi connectivity index (χ0) is 11.3. The predicted molar refractivity (Wildman–Crippen MR) is 67.0 cm³/mol. The highest BCUT2D eigenvalue weighted by molar-refractivity contribution is 9.11. The van der Waals surface area contributed by atoms with Crippen molar-refractivity contribution in [2.24, 2.45) is 5.16 Å². The van der Waals surface area contributed by atoms with E-state index >= 15 is 0 Å². The number of rotatable bonds is 4. The van der Waals surface area contributed by atoms with E-state index in [4.69, 9.17) is 9.94 Å². The van der Waals surface area contributed by atoms with Gasteiger partial charge in [0, 0.05) is 10.0 Å². The fourth-order valence-corrected chi connectivity index (χ4v) is 2.47. The van der Waals surface area contributed by atoms with Crippen molar-refractivity contribution in [3.63, 3.8) is 0 Å². The van der Waals surface area contributed by atoms with Crippen molar-refractivity contribution in [1.29, 1.82) is 0 Å². The Bertz CT molecular complexity index is 367. The first-order chi connectivity index (χ1) is 7.19. The first kappa shape index (κ1) is 12.5. The van der Waals surface area contributed by atoms with Gasteiger partial charge < -0.3 is 9.94 Å². The summed E-state index contributed by atoms with van der Waals surface area (Å²) in [6.07, 6.45) is 2.28. The number of halogens is 2. The molecule has 0 aliphatic carbocycles. The molecule has 5 heteroatoms.